The van der Waals surface area contributed by atoms with Crippen molar-refractivity contribution in [3.05, 3.63) is 65.9 Å². The zero-order chi connectivity index (χ0) is 16.1. The van der Waals surface area contributed by atoms with E-state index in [9.17, 15) is 9.18 Å². The van der Waals surface area contributed by atoms with Gasteiger partial charge in [-0.2, -0.15) is 0 Å². The first-order chi connectivity index (χ1) is 11.2. The Morgan fingerprint density at radius 3 is 2.52 bits per heavy atom. The van der Waals surface area contributed by atoms with Gasteiger partial charge in [0.1, 0.15) is 16.6 Å². The molecule has 0 unspecified atom stereocenters. The summed E-state index contributed by atoms with van der Waals surface area (Å²) in [5.74, 6) is -0.181. The van der Waals surface area contributed by atoms with Crippen LogP contribution in [0.5, 0.6) is 5.75 Å². The maximum atomic E-state index is 12.8. The van der Waals surface area contributed by atoms with Gasteiger partial charge < -0.3 is 10.1 Å². The highest BCUT2D eigenvalue weighted by Gasteiger charge is 2.05. The summed E-state index contributed by atoms with van der Waals surface area (Å²) in [6, 6.07) is 12.9. The Bertz CT molecular complexity index is 771. The first kappa shape index (κ1) is 15.2. The molecule has 1 heterocycles. The number of anilines is 1. The lowest BCUT2D eigenvalue weighted by Gasteiger charge is -2.08. The minimum absolute atomic E-state index is 0.139. The van der Waals surface area contributed by atoms with Gasteiger partial charge in [0.2, 0.25) is 0 Å². The predicted octanol–water partition coefficient (Wildman–Crippen LogP) is 3.97. The van der Waals surface area contributed by atoms with E-state index in [2.05, 4.69) is 10.3 Å². The summed E-state index contributed by atoms with van der Waals surface area (Å²) in [7, 11) is 0. The Morgan fingerprint density at radius 2 is 1.87 bits per heavy atom. The van der Waals surface area contributed by atoms with Crippen molar-refractivity contribution in [2.45, 2.75) is 0 Å². The number of aromatic nitrogens is 1. The van der Waals surface area contributed by atoms with Gasteiger partial charge in [-0.25, -0.2) is 9.37 Å². The Morgan fingerprint density at radius 1 is 1.13 bits per heavy atom. The van der Waals surface area contributed by atoms with Crippen molar-refractivity contribution < 1.29 is 13.9 Å². The molecule has 3 aromatic rings. The number of benzene rings is 2. The monoisotopic (exact) mass is 328 g/mol. The van der Waals surface area contributed by atoms with Crippen LogP contribution in [0.4, 0.5) is 10.1 Å². The van der Waals surface area contributed by atoms with E-state index in [1.54, 1.807) is 17.5 Å². The first-order valence-corrected chi connectivity index (χ1v) is 7.77. The number of amides is 1. The fourth-order valence-corrected chi connectivity index (χ4v) is 2.58. The average molecular weight is 328 g/mol. The highest BCUT2D eigenvalue weighted by molar-refractivity contribution is 7.13. The van der Waals surface area contributed by atoms with Crippen LogP contribution < -0.4 is 10.1 Å². The summed E-state index contributed by atoms with van der Waals surface area (Å²) in [4.78, 5) is 16.1. The largest absolute Gasteiger partial charge is 0.484 e. The van der Waals surface area contributed by atoms with E-state index >= 15 is 0 Å². The minimum atomic E-state index is -0.345. The Labute approximate surface area is 136 Å². The first-order valence-electron chi connectivity index (χ1n) is 6.89. The van der Waals surface area contributed by atoms with Gasteiger partial charge in [0, 0.05) is 22.8 Å². The molecule has 0 fully saturated rings. The van der Waals surface area contributed by atoms with Crippen LogP contribution >= 0.6 is 11.3 Å². The standard InChI is InChI=1S/C17H13FN2O2S/c18-13-3-7-15(8-4-13)22-11-16(21)20-14-5-1-12(2-6-14)17-19-9-10-23-17/h1-10H,11H2,(H,20,21). The lowest BCUT2D eigenvalue weighted by Crippen LogP contribution is -2.20. The lowest BCUT2D eigenvalue weighted by atomic mass is 10.2. The second kappa shape index (κ2) is 7.02. The van der Waals surface area contributed by atoms with Crippen molar-refractivity contribution in [1.82, 2.24) is 4.98 Å². The summed E-state index contributed by atoms with van der Waals surface area (Å²) >= 11 is 1.56. The highest BCUT2D eigenvalue weighted by atomic mass is 32.1. The predicted molar refractivity (Wildman–Crippen MR) is 88.1 cm³/mol. The van der Waals surface area contributed by atoms with Gasteiger partial charge in [0.15, 0.2) is 6.61 Å². The van der Waals surface area contributed by atoms with Crippen LogP contribution in [0.2, 0.25) is 0 Å². The SMILES string of the molecule is O=C(COc1ccc(F)cc1)Nc1ccc(-c2nccs2)cc1. The molecule has 0 saturated heterocycles. The molecule has 0 atom stereocenters. The Hall–Kier alpha value is -2.73. The van der Waals surface area contributed by atoms with Gasteiger partial charge in [0.25, 0.3) is 5.91 Å². The van der Waals surface area contributed by atoms with Crippen LogP contribution in [0.1, 0.15) is 0 Å². The van der Waals surface area contributed by atoms with Crippen molar-refractivity contribution in [3.8, 4) is 16.3 Å². The number of hydrogen-bond acceptors (Lipinski definition) is 4. The zero-order valence-corrected chi connectivity index (χ0v) is 12.8. The van der Waals surface area contributed by atoms with Crippen LogP contribution in [0.3, 0.4) is 0 Å². The fourth-order valence-electron chi connectivity index (χ4n) is 1.94. The van der Waals surface area contributed by atoms with E-state index in [4.69, 9.17) is 4.74 Å². The lowest BCUT2D eigenvalue weighted by molar-refractivity contribution is -0.118. The number of rotatable bonds is 5. The van der Waals surface area contributed by atoms with Crippen LogP contribution in [0, 0.1) is 5.82 Å². The molecule has 2 aromatic carbocycles. The van der Waals surface area contributed by atoms with Gasteiger partial charge in [-0.3, -0.25) is 4.79 Å². The fraction of sp³-hybridized carbons (Fsp3) is 0.0588. The number of carbonyl (C=O) groups excluding carboxylic acids is 1. The molecule has 0 aliphatic heterocycles. The zero-order valence-electron chi connectivity index (χ0n) is 12.0. The molecule has 0 saturated carbocycles. The molecule has 3 rings (SSSR count). The maximum absolute atomic E-state index is 12.8. The molecule has 0 spiro atoms. The summed E-state index contributed by atoms with van der Waals surface area (Å²) in [6.07, 6.45) is 1.75. The summed E-state index contributed by atoms with van der Waals surface area (Å²) in [5.41, 5.74) is 1.68. The van der Waals surface area contributed by atoms with Crippen molar-refractivity contribution in [2.24, 2.45) is 0 Å². The van der Waals surface area contributed by atoms with Crippen molar-refractivity contribution >= 4 is 22.9 Å². The summed E-state index contributed by atoms with van der Waals surface area (Å²) < 4.78 is 18.1. The van der Waals surface area contributed by atoms with E-state index in [1.165, 1.54) is 24.3 Å². The van der Waals surface area contributed by atoms with Gasteiger partial charge in [-0.05, 0) is 48.5 Å². The number of halogens is 1. The molecular weight excluding hydrogens is 315 g/mol. The van der Waals surface area contributed by atoms with Crippen LogP contribution in [0.25, 0.3) is 10.6 Å². The third-order valence-electron chi connectivity index (χ3n) is 3.03. The summed E-state index contributed by atoms with van der Waals surface area (Å²) in [5, 5.41) is 5.59. The van der Waals surface area contributed by atoms with Crippen LogP contribution in [-0.4, -0.2) is 17.5 Å². The molecule has 0 radical (unpaired) electrons. The third kappa shape index (κ3) is 4.14. The molecule has 0 aliphatic carbocycles. The smallest absolute Gasteiger partial charge is 0.262 e. The molecular formula is C17H13FN2O2S. The number of ether oxygens (including phenoxy) is 1. The van der Waals surface area contributed by atoms with Crippen molar-refractivity contribution in [3.63, 3.8) is 0 Å². The molecule has 23 heavy (non-hydrogen) atoms. The van der Waals surface area contributed by atoms with Gasteiger partial charge in [0.05, 0.1) is 0 Å². The highest BCUT2D eigenvalue weighted by Crippen LogP contribution is 2.23. The molecule has 0 bridgehead atoms. The molecule has 4 nitrogen and oxygen atoms in total. The Balaban J connectivity index is 1.54. The molecule has 0 aliphatic rings. The number of nitrogens with one attached hydrogen (secondary N) is 1. The molecule has 6 heteroatoms. The second-order valence-electron chi connectivity index (χ2n) is 4.71. The quantitative estimate of drug-likeness (QED) is 0.771. The molecule has 116 valence electrons. The van der Waals surface area contributed by atoms with E-state index in [0.717, 1.165) is 10.6 Å². The topological polar surface area (TPSA) is 51.2 Å². The van der Waals surface area contributed by atoms with Crippen molar-refractivity contribution in [1.29, 1.82) is 0 Å². The number of thiazole rings is 1. The Kier molecular flexibility index (Phi) is 4.63. The van der Waals surface area contributed by atoms with E-state index in [1.807, 2.05) is 29.6 Å². The molecule has 1 amide bonds. The van der Waals surface area contributed by atoms with E-state index in [-0.39, 0.29) is 18.3 Å². The van der Waals surface area contributed by atoms with Crippen LogP contribution in [0.15, 0.2) is 60.1 Å². The van der Waals surface area contributed by atoms with E-state index in [0.29, 0.717) is 11.4 Å². The minimum Gasteiger partial charge on any atom is -0.484 e. The van der Waals surface area contributed by atoms with Gasteiger partial charge in [-0.1, -0.05) is 0 Å². The number of carbonyl (C=O) groups is 1. The average Bonchev–Trinajstić information content (AvgIpc) is 3.09. The van der Waals surface area contributed by atoms with Gasteiger partial charge in [-0.15, -0.1) is 11.3 Å². The van der Waals surface area contributed by atoms with E-state index < -0.39 is 0 Å². The maximum Gasteiger partial charge on any atom is 0.262 e. The van der Waals surface area contributed by atoms with Crippen LogP contribution in [-0.2, 0) is 4.79 Å². The third-order valence-corrected chi connectivity index (χ3v) is 3.85. The molecule has 1 aromatic heterocycles. The second-order valence-corrected chi connectivity index (χ2v) is 5.60. The number of hydrogen-bond donors (Lipinski definition) is 1. The normalized spacial score (nSPS) is 10.3. The van der Waals surface area contributed by atoms with Crippen molar-refractivity contribution in [2.75, 3.05) is 11.9 Å². The number of nitrogens with zero attached hydrogens (tertiary/aromatic N) is 1. The molecule has 1 N–H and O–H groups in total. The van der Waals surface area contributed by atoms with Gasteiger partial charge >= 0.3 is 0 Å². The summed E-state index contributed by atoms with van der Waals surface area (Å²) in [6.45, 7) is -0.139.